The molecule has 142 valence electrons. The number of hydrogen-bond donors (Lipinski definition) is 1. The molecule has 1 N–H and O–H groups in total. The van der Waals surface area contributed by atoms with Crippen LogP contribution in [0.25, 0.3) is 11.5 Å². The van der Waals surface area contributed by atoms with Crippen molar-refractivity contribution in [3.05, 3.63) is 47.7 Å². The SMILES string of the molecule is CCN(Cc1ccc(C)o1)C(=O)Nc1cc(-c2nnc(C)o2)ccc1OC. The third-order valence-corrected chi connectivity index (χ3v) is 4.03. The van der Waals surface area contributed by atoms with Gasteiger partial charge in [-0.1, -0.05) is 0 Å². The van der Waals surface area contributed by atoms with Gasteiger partial charge in [0.1, 0.15) is 17.3 Å². The van der Waals surface area contributed by atoms with Gasteiger partial charge in [-0.2, -0.15) is 0 Å². The smallest absolute Gasteiger partial charge is 0.322 e. The van der Waals surface area contributed by atoms with E-state index in [4.69, 9.17) is 13.6 Å². The second-order valence-corrected chi connectivity index (χ2v) is 6.00. The first kappa shape index (κ1) is 18.5. The monoisotopic (exact) mass is 370 g/mol. The molecule has 0 aliphatic carbocycles. The summed E-state index contributed by atoms with van der Waals surface area (Å²) in [6.45, 7) is 6.40. The average Bonchev–Trinajstić information content (AvgIpc) is 3.27. The standard InChI is InChI=1S/C19H22N4O4/c1-5-23(11-15-8-6-12(2)26-15)19(24)20-16-10-14(7-9-17(16)25-4)18-22-21-13(3)27-18/h6-10H,5,11H2,1-4H3,(H,20,24). The van der Waals surface area contributed by atoms with Crippen LogP contribution in [0.4, 0.5) is 10.5 Å². The number of carbonyl (C=O) groups is 1. The van der Waals surface area contributed by atoms with Gasteiger partial charge < -0.3 is 23.8 Å². The van der Waals surface area contributed by atoms with Crippen LogP contribution < -0.4 is 10.1 Å². The summed E-state index contributed by atoms with van der Waals surface area (Å²) in [5, 5.41) is 10.7. The van der Waals surface area contributed by atoms with Gasteiger partial charge in [0, 0.05) is 19.0 Å². The summed E-state index contributed by atoms with van der Waals surface area (Å²) in [6, 6.07) is 8.77. The van der Waals surface area contributed by atoms with Crippen LogP contribution in [0.3, 0.4) is 0 Å². The zero-order valence-corrected chi connectivity index (χ0v) is 15.8. The molecular weight excluding hydrogens is 348 g/mol. The van der Waals surface area contributed by atoms with E-state index < -0.39 is 0 Å². The number of ether oxygens (including phenoxy) is 1. The quantitative estimate of drug-likeness (QED) is 0.705. The van der Waals surface area contributed by atoms with Crippen LogP contribution in [0, 0.1) is 13.8 Å². The van der Waals surface area contributed by atoms with Gasteiger partial charge in [0.25, 0.3) is 0 Å². The first-order chi connectivity index (χ1) is 13.0. The summed E-state index contributed by atoms with van der Waals surface area (Å²) in [6.07, 6.45) is 0. The number of furan rings is 1. The van der Waals surface area contributed by atoms with Crippen LogP contribution in [-0.2, 0) is 6.54 Å². The molecule has 0 bridgehead atoms. The van der Waals surface area contributed by atoms with Crippen molar-refractivity contribution >= 4 is 11.7 Å². The summed E-state index contributed by atoms with van der Waals surface area (Å²) < 4.78 is 16.4. The van der Waals surface area contributed by atoms with Gasteiger partial charge in [-0.15, -0.1) is 10.2 Å². The van der Waals surface area contributed by atoms with Crippen LogP contribution in [0.1, 0.15) is 24.3 Å². The summed E-state index contributed by atoms with van der Waals surface area (Å²) in [7, 11) is 1.55. The van der Waals surface area contributed by atoms with E-state index in [1.165, 1.54) is 0 Å². The Hall–Kier alpha value is -3.29. The number of benzene rings is 1. The van der Waals surface area contributed by atoms with Gasteiger partial charge in [0.2, 0.25) is 11.8 Å². The van der Waals surface area contributed by atoms with Gasteiger partial charge in [0.05, 0.1) is 19.3 Å². The molecule has 1 aromatic carbocycles. The molecule has 2 heterocycles. The second-order valence-electron chi connectivity index (χ2n) is 6.00. The van der Waals surface area contributed by atoms with Crippen molar-refractivity contribution in [3.8, 4) is 17.2 Å². The molecule has 0 unspecified atom stereocenters. The fourth-order valence-electron chi connectivity index (χ4n) is 2.63. The van der Waals surface area contributed by atoms with Gasteiger partial charge in [-0.05, 0) is 44.2 Å². The van der Waals surface area contributed by atoms with E-state index in [0.717, 1.165) is 11.5 Å². The molecule has 3 rings (SSSR count). The maximum atomic E-state index is 12.7. The number of carbonyl (C=O) groups excluding carboxylic acids is 1. The first-order valence-corrected chi connectivity index (χ1v) is 8.60. The van der Waals surface area contributed by atoms with E-state index in [9.17, 15) is 4.79 Å². The van der Waals surface area contributed by atoms with E-state index in [0.29, 0.717) is 41.9 Å². The Kier molecular flexibility index (Phi) is 5.44. The van der Waals surface area contributed by atoms with Gasteiger partial charge in [0.15, 0.2) is 0 Å². The molecule has 8 heteroatoms. The third-order valence-electron chi connectivity index (χ3n) is 4.03. The van der Waals surface area contributed by atoms with E-state index in [1.807, 2.05) is 26.0 Å². The molecule has 0 aliphatic heterocycles. The number of hydrogen-bond acceptors (Lipinski definition) is 6. The van der Waals surface area contributed by atoms with Gasteiger partial charge in [-0.3, -0.25) is 0 Å². The molecule has 2 aromatic heterocycles. The minimum Gasteiger partial charge on any atom is -0.495 e. The van der Waals surface area contributed by atoms with Gasteiger partial charge in [-0.25, -0.2) is 4.79 Å². The molecule has 0 aliphatic rings. The van der Waals surface area contributed by atoms with Crippen molar-refractivity contribution < 1.29 is 18.4 Å². The number of nitrogens with zero attached hydrogens (tertiary/aromatic N) is 3. The first-order valence-electron chi connectivity index (χ1n) is 8.60. The molecule has 0 fully saturated rings. The molecule has 3 aromatic rings. The molecule has 0 radical (unpaired) electrons. The van der Waals surface area contributed by atoms with Crippen molar-refractivity contribution in [1.29, 1.82) is 0 Å². The Morgan fingerprint density at radius 1 is 1.19 bits per heavy atom. The maximum absolute atomic E-state index is 12.7. The van der Waals surface area contributed by atoms with Crippen molar-refractivity contribution in [2.24, 2.45) is 0 Å². The maximum Gasteiger partial charge on any atom is 0.322 e. The highest BCUT2D eigenvalue weighted by atomic mass is 16.5. The highest BCUT2D eigenvalue weighted by molar-refractivity contribution is 5.91. The molecule has 27 heavy (non-hydrogen) atoms. The van der Waals surface area contributed by atoms with Crippen LogP contribution >= 0.6 is 0 Å². The van der Waals surface area contributed by atoms with Crippen molar-refractivity contribution in [3.63, 3.8) is 0 Å². The van der Waals surface area contributed by atoms with Crippen molar-refractivity contribution in [1.82, 2.24) is 15.1 Å². The topological polar surface area (TPSA) is 93.6 Å². The Balaban J connectivity index is 1.80. The number of aromatic nitrogens is 2. The number of anilines is 1. The molecule has 8 nitrogen and oxygen atoms in total. The molecule has 0 saturated heterocycles. The Labute approximate surface area is 157 Å². The summed E-state index contributed by atoms with van der Waals surface area (Å²) in [5.74, 6) is 2.92. The summed E-state index contributed by atoms with van der Waals surface area (Å²) in [4.78, 5) is 14.4. The molecule has 0 atom stereocenters. The number of rotatable bonds is 6. The molecular formula is C19H22N4O4. The van der Waals surface area contributed by atoms with Crippen LogP contribution in [0.15, 0.2) is 39.2 Å². The number of urea groups is 1. The fraction of sp³-hybridized carbons (Fsp3) is 0.316. The summed E-state index contributed by atoms with van der Waals surface area (Å²) in [5.41, 5.74) is 1.21. The largest absolute Gasteiger partial charge is 0.495 e. The molecule has 0 saturated carbocycles. The normalized spacial score (nSPS) is 10.7. The van der Waals surface area contributed by atoms with E-state index in [1.54, 1.807) is 37.1 Å². The highest BCUT2D eigenvalue weighted by Crippen LogP contribution is 2.30. The lowest BCUT2D eigenvalue weighted by molar-refractivity contribution is 0.207. The van der Waals surface area contributed by atoms with E-state index >= 15 is 0 Å². The van der Waals surface area contributed by atoms with Crippen LogP contribution in [0.5, 0.6) is 5.75 Å². The molecule has 0 spiro atoms. The van der Waals surface area contributed by atoms with Crippen molar-refractivity contribution in [2.75, 3.05) is 19.0 Å². The Bertz CT molecular complexity index is 931. The lowest BCUT2D eigenvalue weighted by atomic mass is 10.2. The lowest BCUT2D eigenvalue weighted by Gasteiger charge is -2.21. The number of aryl methyl sites for hydroxylation is 2. The minimum atomic E-state index is -0.260. The highest BCUT2D eigenvalue weighted by Gasteiger charge is 2.17. The zero-order valence-electron chi connectivity index (χ0n) is 15.8. The number of amides is 2. The lowest BCUT2D eigenvalue weighted by Crippen LogP contribution is -2.34. The second kappa shape index (κ2) is 7.94. The average molecular weight is 370 g/mol. The minimum absolute atomic E-state index is 0.260. The predicted molar refractivity (Wildman–Crippen MR) is 99.6 cm³/mol. The predicted octanol–water partition coefficient (Wildman–Crippen LogP) is 4.01. The fourth-order valence-corrected chi connectivity index (χ4v) is 2.63. The van der Waals surface area contributed by atoms with Crippen molar-refractivity contribution in [2.45, 2.75) is 27.3 Å². The molecule has 2 amide bonds. The van der Waals surface area contributed by atoms with Crippen LogP contribution in [-0.4, -0.2) is 34.8 Å². The van der Waals surface area contributed by atoms with E-state index in [2.05, 4.69) is 15.5 Å². The Morgan fingerprint density at radius 3 is 2.59 bits per heavy atom. The third kappa shape index (κ3) is 4.28. The van der Waals surface area contributed by atoms with Gasteiger partial charge >= 0.3 is 6.03 Å². The summed E-state index contributed by atoms with van der Waals surface area (Å²) >= 11 is 0. The Morgan fingerprint density at radius 2 is 2.00 bits per heavy atom. The number of methoxy groups -OCH3 is 1. The zero-order chi connectivity index (χ0) is 19.4. The van der Waals surface area contributed by atoms with Crippen LogP contribution in [0.2, 0.25) is 0 Å². The number of nitrogens with one attached hydrogen (secondary N) is 1. The van der Waals surface area contributed by atoms with E-state index in [-0.39, 0.29) is 6.03 Å².